The average molecular weight is 554 g/mol. The summed E-state index contributed by atoms with van der Waals surface area (Å²) in [5.41, 5.74) is -0.438. The highest BCUT2D eigenvalue weighted by Gasteiger charge is 2.26. The Kier molecular flexibility index (Phi) is 15.5. The van der Waals surface area contributed by atoms with Crippen LogP contribution < -0.4 is 10.6 Å². The number of carbonyl (C=O) groups is 1. The molecule has 1 rings (SSSR count). The van der Waals surface area contributed by atoms with Crippen LogP contribution in [-0.4, -0.2) is 79.3 Å². The second-order valence-corrected chi connectivity index (χ2v) is 9.34. The summed E-state index contributed by atoms with van der Waals surface area (Å²) in [5.74, 6) is 1.42. The fourth-order valence-corrected chi connectivity index (χ4v) is 3.63. The van der Waals surface area contributed by atoms with Crippen LogP contribution in [0.2, 0.25) is 0 Å². The maximum atomic E-state index is 12.2. The third-order valence-corrected chi connectivity index (χ3v) is 5.51. The zero-order chi connectivity index (χ0) is 22.6. The molecule has 1 amide bonds. The number of hydrogen-bond acceptors (Lipinski definition) is 4. The Labute approximate surface area is 208 Å². The molecule has 1 fully saturated rings. The minimum Gasteiger partial charge on any atom is -0.444 e. The topological polar surface area (TPSA) is 69.2 Å². The molecule has 1 aliphatic rings. The van der Waals surface area contributed by atoms with Gasteiger partial charge in [0.25, 0.3) is 0 Å². The predicted octanol–water partition coefficient (Wildman–Crippen LogP) is 4.32. The van der Waals surface area contributed by atoms with E-state index in [-0.39, 0.29) is 30.1 Å². The van der Waals surface area contributed by atoms with Gasteiger partial charge in [0.2, 0.25) is 0 Å². The highest BCUT2D eigenvalue weighted by Crippen LogP contribution is 2.20. The molecular formula is C23H48IN5O2. The normalized spacial score (nSPS) is 16.6. The fraction of sp³-hybridized carbons (Fsp3) is 0.913. The van der Waals surface area contributed by atoms with Crippen molar-refractivity contribution in [2.75, 3.05) is 45.8 Å². The van der Waals surface area contributed by atoms with Gasteiger partial charge in [0, 0.05) is 32.2 Å². The number of ether oxygens (including phenoxy) is 1. The van der Waals surface area contributed by atoms with Crippen molar-refractivity contribution in [2.45, 2.75) is 85.8 Å². The quantitative estimate of drug-likeness (QED) is 0.240. The average Bonchev–Trinajstić information content (AvgIpc) is 2.68. The summed E-state index contributed by atoms with van der Waals surface area (Å²) in [5, 5.41) is 6.93. The number of guanidine groups is 1. The van der Waals surface area contributed by atoms with Crippen LogP contribution in [0.1, 0.15) is 74.1 Å². The predicted molar refractivity (Wildman–Crippen MR) is 142 cm³/mol. The van der Waals surface area contributed by atoms with E-state index in [9.17, 15) is 4.79 Å². The van der Waals surface area contributed by atoms with Crippen molar-refractivity contribution in [3.8, 4) is 0 Å². The van der Waals surface area contributed by atoms with Crippen LogP contribution in [0.3, 0.4) is 0 Å². The first kappa shape index (κ1) is 30.2. The lowest BCUT2D eigenvalue weighted by molar-refractivity contribution is 0.0187. The Morgan fingerprint density at radius 1 is 1.19 bits per heavy atom. The van der Waals surface area contributed by atoms with Crippen molar-refractivity contribution in [2.24, 2.45) is 10.9 Å². The molecule has 0 spiro atoms. The zero-order valence-corrected chi connectivity index (χ0v) is 23.3. The molecule has 0 bridgehead atoms. The largest absolute Gasteiger partial charge is 0.444 e. The Balaban J connectivity index is 0.00000900. The SMILES string of the molecule is CCNC(=NCC1CCN(C(=O)OC(C)(C)C)CC1)NC(C)CCCN(CC)CC.I. The lowest BCUT2D eigenvalue weighted by Crippen LogP contribution is -2.44. The highest BCUT2D eigenvalue weighted by molar-refractivity contribution is 14.0. The van der Waals surface area contributed by atoms with Crippen LogP contribution in [0, 0.1) is 5.92 Å². The fourth-order valence-electron chi connectivity index (χ4n) is 3.63. The molecule has 1 heterocycles. The van der Waals surface area contributed by atoms with E-state index in [1.807, 2.05) is 25.7 Å². The van der Waals surface area contributed by atoms with Gasteiger partial charge in [-0.2, -0.15) is 0 Å². The van der Waals surface area contributed by atoms with Gasteiger partial charge in [-0.3, -0.25) is 4.99 Å². The second kappa shape index (κ2) is 15.9. The van der Waals surface area contributed by atoms with Gasteiger partial charge in [0.15, 0.2) is 5.96 Å². The Bertz CT molecular complexity index is 513. The lowest BCUT2D eigenvalue weighted by atomic mass is 9.97. The smallest absolute Gasteiger partial charge is 0.410 e. The van der Waals surface area contributed by atoms with E-state index in [2.05, 4.69) is 43.2 Å². The van der Waals surface area contributed by atoms with Gasteiger partial charge in [-0.25, -0.2) is 4.79 Å². The number of halogens is 1. The van der Waals surface area contributed by atoms with Crippen molar-refractivity contribution in [3.05, 3.63) is 0 Å². The summed E-state index contributed by atoms with van der Waals surface area (Å²) in [6.45, 7) is 21.0. The first-order valence-electron chi connectivity index (χ1n) is 11.9. The lowest BCUT2D eigenvalue weighted by Gasteiger charge is -2.33. The molecular weight excluding hydrogens is 505 g/mol. The molecule has 2 N–H and O–H groups in total. The number of nitrogens with one attached hydrogen (secondary N) is 2. The maximum absolute atomic E-state index is 12.2. The first-order chi connectivity index (χ1) is 14.2. The zero-order valence-electron chi connectivity index (χ0n) is 21.0. The third kappa shape index (κ3) is 13.4. The summed E-state index contributed by atoms with van der Waals surface area (Å²) in [6, 6.07) is 0.396. The second-order valence-electron chi connectivity index (χ2n) is 9.34. The Morgan fingerprint density at radius 3 is 2.32 bits per heavy atom. The number of hydrogen-bond donors (Lipinski definition) is 2. The molecule has 1 atom stereocenters. The molecule has 184 valence electrons. The molecule has 7 nitrogen and oxygen atoms in total. The molecule has 1 unspecified atom stereocenters. The van der Waals surface area contributed by atoms with E-state index >= 15 is 0 Å². The van der Waals surface area contributed by atoms with E-state index in [4.69, 9.17) is 9.73 Å². The van der Waals surface area contributed by atoms with Crippen LogP contribution in [0.5, 0.6) is 0 Å². The van der Waals surface area contributed by atoms with Crippen molar-refractivity contribution in [3.63, 3.8) is 0 Å². The van der Waals surface area contributed by atoms with Gasteiger partial charge in [-0.05, 0) is 85.9 Å². The molecule has 0 aromatic heterocycles. The summed E-state index contributed by atoms with van der Waals surface area (Å²) in [4.78, 5) is 21.3. The van der Waals surface area contributed by atoms with Crippen molar-refractivity contribution in [1.82, 2.24) is 20.4 Å². The molecule has 0 aliphatic carbocycles. The molecule has 1 saturated heterocycles. The van der Waals surface area contributed by atoms with E-state index in [1.165, 1.54) is 6.42 Å². The number of carbonyl (C=O) groups excluding carboxylic acids is 1. The summed E-state index contributed by atoms with van der Waals surface area (Å²) in [6.07, 6.45) is 4.08. The van der Waals surface area contributed by atoms with Gasteiger partial charge in [0.05, 0.1) is 0 Å². The molecule has 0 radical (unpaired) electrons. The van der Waals surface area contributed by atoms with Crippen LogP contribution in [0.4, 0.5) is 4.79 Å². The van der Waals surface area contributed by atoms with Crippen LogP contribution in [0.25, 0.3) is 0 Å². The van der Waals surface area contributed by atoms with Gasteiger partial charge in [-0.15, -0.1) is 24.0 Å². The number of rotatable bonds is 10. The Hall–Kier alpha value is -0.770. The minimum atomic E-state index is -0.438. The van der Waals surface area contributed by atoms with Gasteiger partial charge >= 0.3 is 6.09 Å². The van der Waals surface area contributed by atoms with E-state index in [0.29, 0.717) is 12.0 Å². The van der Waals surface area contributed by atoms with Crippen molar-refractivity contribution < 1.29 is 9.53 Å². The molecule has 0 saturated carbocycles. The van der Waals surface area contributed by atoms with Crippen molar-refractivity contribution in [1.29, 1.82) is 0 Å². The monoisotopic (exact) mass is 553 g/mol. The van der Waals surface area contributed by atoms with Crippen molar-refractivity contribution >= 4 is 36.0 Å². The Morgan fingerprint density at radius 2 is 1.81 bits per heavy atom. The minimum absolute atomic E-state index is 0. The number of aliphatic imine (C=N–C) groups is 1. The van der Waals surface area contributed by atoms with E-state index < -0.39 is 5.60 Å². The van der Waals surface area contributed by atoms with Crippen LogP contribution >= 0.6 is 24.0 Å². The number of nitrogens with zero attached hydrogens (tertiary/aromatic N) is 3. The molecule has 1 aliphatic heterocycles. The number of likely N-dealkylation sites (tertiary alicyclic amines) is 1. The highest BCUT2D eigenvalue weighted by atomic mass is 127. The molecule has 0 aromatic carbocycles. The van der Waals surface area contributed by atoms with Gasteiger partial charge in [0.1, 0.15) is 5.60 Å². The summed E-state index contributed by atoms with van der Waals surface area (Å²) < 4.78 is 5.48. The van der Waals surface area contributed by atoms with Crippen LogP contribution in [0.15, 0.2) is 4.99 Å². The molecule has 8 heteroatoms. The molecule has 0 aromatic rings. The number of amides is 1. The first-order valence-corrected chi connectivity index (χ1v) is 11.9. The summed E-state index contributed by atoms with van der Waals surface area (Å²) in [7, 11) is 0. The number of piperidine rings is 1. The summed E-state index contributed by atoms with van der Waals surface area (Å²) >= 11 is 0. The van der Waals surface area contributed by atoms with Gasteiger partial charge in [-0.1, -0.05) is 13.8 Å². The van der Waals surface area contributed by atoms with E-state index in [0.717, 1.165) is 71.0 Å². The standard InChI is InChI=1S/C23H47N5O2.HI/c1-8-24-21(26-19(4)12-11-15-27(9-2)10-3)25-18-20-13-16-28(17-14-20)22(29)30-23(5,6)7;/h19-20H,8-18H2,1-7H3,(H2,24,25,26);1H. The van der Waals surface area contributed by atoms with E-state index in [1.54, 1.807) is 0 Å². The van der Waals surface area contributed by atoms with Crippen LogP contribution in [-0.2, 0) is 4.74 Å². The molecule has 31 heavy (non-hydrogen) atoms. The third-order valence-electron chi connectivity index (χ3n) is 5.51. The van der Waals surface area contributed by atoms with Gasteiger partial charge < -0.3 is 25.2 Å². The maximum Gasteiger partial charge on any atom is 0.410 e.